The second-order valence-corrected chi connectivity index (χ2v) is 14.1. The summed E-state index contributed by atoms with van der Waals surface area (Å²) in [5, 5.41) is 7.96. The van der Waals surface area contributed by atoms with Crippen LogP contribution >= 0.6 is 7.60 Å². The highest BCUT2D eigenvalue weighted by molar-refractivity contribution is 7.90. The molecule has 0 unspecified atom stereocenters. The Morgan fingerprint density at radius 2 is 1.60 bits per heavy atom. The number of nitrogens with one attached hydrogen (secondary N) is 4. The number of nitrogens with zero attached hydrogens (tertiary/aromatic N) is 2. The Kier molecular flexibility index (Phi) is 13.7. The van der Waals surface area contributed by atoms with Gasteiger partial charge in [0.2, 0.25) is 0 Å². The molecule has 15 nitrogen and oxygen atoms in total. The number of carbonyl (C=O) groups is 3. The first-order valence-corrected chi connectivity index (χ1v) is 18.0. The SMILES string of the molecule is CCOP(=O)(CCNC(=O)OC1CCC(NC(=O)NS(=O)(=O)c2ccc(CCNC(=O)c3cnc(C)cn3)cc2)CC1)OCC. The Morgan fingerprint density at radius 3 is 2.20 bits per heavy atom. The molecule has 3 rings (SSSR count). The number of ether oxygens (including phenoxy) is 1. The van der Waals surface area contributed by atoms with E-state index >= 15 is 0 Å². The van der Waals surface area contributed by atoms with Crippen molar-refractivity contribution in [2.75, 3.05) is 32.5 Å². The Balaban J connectivity index is 1.36. The van der Waals surface area contributed by atoms with Crippen LogP contribution in [0, 0.1) is 6.92 Å². The molecule has 2 aromatic rings. The Morgan fingerprint density at radius 1 is 0.933 bits per heavy atom. The van der Waals surface area contributed by atoms with Crippen LogP contribution in [0.2, 0.25) is 0 Å². The molecule has 1 fully saturated rings. The number of carbonyl (C=O) groups excluding carboxylic acids is 3. The summed E-state index contributed by atoms with van der Waals surface area (Å²) in [6, 6.07) is 4.85. The smallest absolute Gasteiger partial charge is 0.407 e. The van der Waals surface area contributed by atoms with Gasteiger partial charge in [0.1, 0.15) is 11.8 Å². The first-order valence-electron chi connectivity index (χ1n) is 14.7. The average Bonchev–Trinajstić information content (AvgIpc) is 2.98. The van der Waals surface area contributed by atoms with Gasteiger partial charge in [-0.05, 0) is 70.6 Å². The average molecular weight is 669 g/mol. The number of hydrogen-bond acceptors (Lipinski definition) is 11. The number of hydrogen-bond donors (Lipinski definition) is 4. The van der Waals surface area contributed by atoms with Crippen LogP contribution in [0.1, 0.15) is 61.3 Å². The second kappa shape index (κ2) is 17.2. The highest BCUT2D eigenvalue weighted by Crippen LogP contribution is 2.47. The van der Waals surface area contributed by atoms with Crippen molar-refractivity contribution < 1.29 is 41.2 Å². The van der Waals surface area contributed by atoms with Gasteiger partial charge in [-0.15, -0.1) is 0 Å². The lowest BCUT2D eigenvalue weighted by Gasteiger charge is -2.29. The van der Waals surface area contributed by atoms with Crippen molar-refractivity contribution in [1.29, 1.82) is 0 Å². The minimum Gasteiger partial charge on any atom is -0.446 e. The van der Waals surface area contributed by atoms with E-state index in [0.717, 1.165) is 5.56 Å². The van der Waals surface area contributed by atoms with Gasteiger partial charge >= 0.3 is 19.7 Å². The largest absolute Gasteiger partial charge is 0.446 e. The number of sulfonamides is 1. The van der Waals surface area contributed by atoms with Crippen LogP contribution in [0.5, 0.6) is 0 Å². The minimum atomic E-state index is -4.12. The van der Waals surface area contributed by atoms with Gasteiger partial charge in [-0.3, -0.25) is 14.3 Å². The molecule has 1 aliphatic rings. The van der Waals surface area contributed by atoms with E-state index in [4.69, 9.17) is 13.8 Å². The molecular weight excluding hydrogens is 627 g/mol. The summed E-state index contributed by atoms with van der Waals surface area (Å²) < 4.78 is 55.8. The van der Waals surface area contributed by atoms with E-state index in [0.29, 0.717) is 44.3 Å². The van der Waals surface area contributed by atoms with Gasteiger partial charge in [-0.2, -0.15) is 0 Å². The quantitative estimate of drug-likeness (QED) is 0.203. The number of aryl methyl sites for hydroxylation is 1. The predicted molar refractivity (Wildman–Crippen MR) is 164 cm³/mol. The maximum atomic E-state index is 12.7. The molecule has 1 saturated carbocycles. The van der Waals surface area contributed by atoms with Crippen LogP contribution in [0.25, 0.3) is 0 Å². The van der Waals surface area contributed by atoms with Gasteiger partial charge in [0.05, 0.1) is 36.2 Å². The molecule has 1 heterocycles. The van der Waals surface area contributed by atoms with Gasteiger partial charge in [-0.1, -0.05) is 12.1 Å². The fourth-order valence-electron chi connectivity index (χ4n) is 4.52. The molecule has 0 atom stereocenters. The van der Waals surface area contributed by atoms with E-state index in [1.54, 1.807) is 32.9 Å². The summed E-state index contributed by atoms with van der Waals surface area (Å²) in [4.78, 5) is 44.8. The minimum absolute atomic E-state index is 0.0214. The summed E-state index contributed by atoms with van der Waals surface area (Å²) in [7, 11) is -7.39. The monoisotopic (exact) mass is 668 g/mol. The third-order valence-electron chi connectivity index (χ3n) is 6.76. The van der Waals surface area contributed by atoms with Crippen molar-refractivity contribution in [3.8, 4) is 0 Å². The van der Waals surface area contributed by atoms with E-state index in [1.807, 2.05) is 4.72 Å². The van der Waals surface area contributed by atoms with E-state index in [9.17, 15) is 27.4 Å². The molecular formula is C28H41N6O9PS. The normalized spacial score (nSPS) is 16.8. The van der Waals surface area contributed by atoms with Crippen molar-refractivity contribution in [2.24, 2.45) is 0 Å². The van der Waals surface area contributed by atoms with Gasteiger partial charge < -0.3 is 29.7 Å². The van der Waals surface area contributed by atoms with Crippen LogP contribution in [-0.4, -0.2) is 81.0 Å². The molecule has 1 aliphatic carbocycles. The molecule has 0 aliphatic heterocycles. The summed E-state index contributed by atoms with van der Waals surface area (Å²) in [5.41, 5.74) is 1.70. The summed E-state index contributed by atoms with van der Waals surface area (Å²) >= 11 is 0. The van der Waals surface area contributed by atoms with Crippen LogP contribution in [0.4, 0.5) is 9.59 Å². The molecule has 4 amide bonds. The fraction of sp³-hybridized carbons (Fsp3) is 0.536. The molecule has 1 aromatic heterocycles. The summed E-state index contributed by atoms with van der Waals surface area (Å²) in [6.45, 7) is 6.01. The molecule has 0 bridgehead atoms. The van der Waals surface area contributed by atoms with Crippen molar-refractivity contribution in [2.45, 2.75) is 69.9 Å². The highest BCUT2D eigenvalue weighted by Gasteiger charge is 2.27. The zero-order valence-corrected chi connectivity index (χ0v) is 27.3. The fourth-order valence-corrected chi connectivity index (χ4v) is 6.94. The maximum Gasteiger partial charge on any atom is 0.407 e. The summed E-state index contributed by atoms with van der Waals surface area (Å²) in [6.07, 6.45) is 4.27. The van der Waals surface area contributed by atoms with Gasteiger partial charge in [0, 0.05) is 25.3 Å². The third-order valence-corrected chi connectivity index (χ3v) is 10.2. The van der Waals surface area contributed by atoms with Crippen molar-refractivity contribution in [1.82, 2.24) is 30.6 Å². The van der Waals surface area contributed by atoms with E-state index in [2.05, 4.69) is 25.9 Å². The standard InChI is InChI=1S/C28H41N6O9PS/c1-4-41-44(38,42-5-2)17-16-30-28(37)43-23-10-8-22(9-11-23)33-27(36)34-45(39,40)24-12-6-21(7-13-24)14-15-29-26(35)25-19-31-20(3)18-32-25/h6-7,12-13,18-19,22-23H,4-5,8-11,14-17H2,1-3H3,(H,29,35)(H,30,37)(H2,33,34,36). The zero-order chi connectivity index (χ0) is 32.9. The van der Waals surface area contributed by atoms with E-state index in [1.165, 1.54) is 24.5 Å². The number of aromatic nitrogens is 2. The molecule has 0 spiro atoms. The molecule has 45 heavy (non-hydrogen) atoms. The van der Waals surface area contributed by atoms with Crippen LogP contribution in [0.3, 0.4) is 0 Å². The summed E-state index contributed by atoms with van der Waals surface area (Å²) in [5.74, 6) is -0.357. The van der Waals surface area contributed by atoms with Crippen LogP contribution in [-0.2, 0) is 34.8 Å². The molecule has 17 heteroatoms. The molecule has 1 aromatic carbocycles. The van der Waals surface area contributed by atoms with Crippen molar-refractivity contribution in [3.63, 3.8) is 0 Å². The van der Waals surface area contributed by atoms with E-state index < -0.39 is 29.7 Å². The molecule has 4 N–H and O–H groups in total. The topological polar surface area (TPSA) is 204 Å². The molecule has 248 valence electrons. The third kappa shape index (κ3) is 12.0. The number of benzene rings is 1. The van der Waals surface area contributed by atoms with Crippen LogP contribution < -0.4 is 20.7 Å². The predicted octanol–water partition coefficient (Wildman–Crippen LogP) is 3.05. The Bertz CT molecular complexity index is 1420. The first kappa shape index (κ1) is 35.9. The van der Waals surface area contributed by atoms with E-state index in [-0.39, 0.29) is 54.6 Å². The number of rotatable bonds is 15. The van der Waals surface area contributed by atoms with Crippen LogP contribution in [0.15, 0.2) is 41.6 Å². The lowest BCUT2D eigenvalue weighted by Crippen LogP contribution is -2.46. The molecule has 0 saturated heterocycles. The molecule has 0 radical (unpaired) electrons. The number of alkyl carbamates (subject to hydrolysis) is 1. The number of urea groups is 1. The van der Waals surface area contributed by atoms with Gasteiger partial charge in [0.25, 0.3) is 15.9 Å². The maximum absolute atomic E-state index is 12.7. The Hall–Kier alpha value is -3.59. The Labute approximate surface area is 263 Å². The lowest BCUT2D eigenvalue weighted by molar-refractivity contribution is 0.0699. The first-order chi connectivity index (χ1) is 21.4. The van der Waals surface area contributed by atoms with Gasteiger partial charge in [-0.25, -0.2) is 27.7 Å². The van der Waals surface area contributed by atoms with Crippen molar-refractivity contribution in [3.05, 3.63) is 53.6 Å². The lowest BCUT2D eigenvalue weighted by atomic mass is 9.93. The number of amides is 4. The van der Waals surface area contributed by atoms with Crippen molar-refractivity contribution >= 4 is 35.7 Å². The highest BCUT2D eigenvalue weighted by atomic mass is 32.2. The van der Waals surface area contributed by atoms with Gasteiger partial charge in [0.15, 0.2) is 0 Å². The second-order valence-electron chi connectivity index (χ2n) is 10.2. The zero-order valence-electron chi connectivity index (χ0n) is 25.6.